The van der Waals surface area contributed by atoms with Gasteiger partial charge in [0.1, 0.15) is 42.6 Å². The van der Waals surface area contributed by atoms with E-state index in [2.05, 4.69) is 47.0 Å². The molecule has 3 N–H and O–H groups in total. The highest BCUT2D eigenvalue weighted by atomic mass is 16.8. The molecular formula is C47H50N4O10. The van der Waals surface area contributed by atoms with Gasteiger partial charge in [0.15, 0.2) is 17.3 Å². The Kier molecular flexibility index (Phi) is 11.6. The first-order valence-electron chi connectivity index (χ1n) is 20.3. The van der Waals surface area contributed by atoms with Gasteiger partial charge in [0.05, 0.1) is 25.0 Å². The summed E-state index contributed by atoms with van der Waals surface area (Å²) in [5, 5.41) is 15.9. The third-order valence-electron chi connectivity index (χ3n) is 11.2. The average molecular weight is 831 g/mol. The van der Waals surface area contributed by atoms with Gasteiger partial charge in [-0.25, -0.2) is 9.78 Å². The Hall–Kier alpha value is -5.90. The number of alkyl carbamates (subject to hydrolysis) is 1. The number of hydrogen-bond acceptors (Lipinski definition) is 10. The van der Waals surface area contributed by atoms with E-state index in [1.165, 1.54) is 0 Å². The van der Waals surface area contributed by atoms with Crippen LogP contribution in [0.4, 0.5) is 4.79 Å². The number of rotatable bonds is 14. The Bertz CT molecular complexity index is 2210. The van der Waals surface area contributed by atoms with Crippen LogP contribution >= 0.6 is 0 Å². The van der Waals surface area contributed by atoms with E-state index < -0.39 is 77.7 Å². The number of aromatic nitrogens is 2. The van der Waals surface area contributed by atoms with Crippen molar-refractivity contribution in [3.05, 3.63) is 162 Å². The van der Waals surface area contributed by atoms with Crippen molar-refractivity contribution in [3.63, 3.8) is 0 Å². The molecule has 0 unspecified atom stereocenters. The molecule has 318 valence electrons. The minimum atomic E-state index is -1.95. The first-order valence-corrected chi connectivity index (χ1v) is 20.3. The Morgan fingerprint density at radius 3 is 1.90 bits per heavy atom. The fraction of sp³-hybridized carbons (Fsp3) is 0.362. The standard InChI is InChI=1S/C47H50N4O10/c1-44(2)57-29-37(58-44)39-40-41(61-45(3,4)59-40)46(60-39,26-38(52)53)50-42(54)36(49-43(55)56-28-31-17-9-5-10-18-31)25-35-27-51(30-48-35)47(32-19-11-6-12-20-32,33-21-13-7-14-22-33)34-23-15-8-16-24-34/h5-24,27,30,36-37,39-41H,25-26,28-29H2,1-4H3,(H,49,55)(H,50,54)(H,52,53)/t36-,37+,39+,40-,41-,46-/m1/s1. The van der Waals surface area contributed by atoms with Crippen LogP contribution in [0.1, 0.15) is 62.1 Å². The number of carboxylic acids is 1. The van der Waals surface area contributed by atoms with Gasteiger partial charge < -0.3 is 48.7 Å². The molecule has 3 saturated heterocycles. The summed E-state index contributed by atoms with van der Waals surface area (Å²) in [5.41, 5.74) is 1.25. The highest BCUT2D eigenvalue weighted by Gasteiger charge is 2.67. The van der Waals surface area contributed by atoms with Crippen LogP contribution in [0.25, 0.3) is 0 Å². The summed E-state index contributed by atoms with van der Waals surface area (Å²) in [5.74, 6) is -4.11. The molecule has 2 amide bonds. The van der Waals surface area contributed by atoms with Crippen LogP contribution in [0.2, 0.25) is 0 Å². The van der Waals surface area contributed by atoms with Crippen LogP contribution in [0.5, 0.6) is 0 Å². The largest absolute Gasteiger partial charge is 0.481 e. The summed E-state index contributed by atoms with van der Waals surface area (Å²) in [6, 6.07) is 38.0. The number of nitrogens with zero attached hydrogens (tertiary/aromatic N) is 2. The fourth-order valence-electron chi connectivity index (χ4n) is 8.70. The lowest BCUT2D eigenvalue weighted by Crippen LogP contribution is -2.62. The molecule has 0 bridgehead atoms. The van der Waals surface area contributed by atoms with Crippen molar-refractivity contribution in [1.29, 1.82) is 0 Å². The van der Waals surface area contributed by atoms with E-state index in [0.29, 0.717) is 5.69 Å². The third kappa shape index (κ3) is 8.68. The number of aliphatic carboxylic acids is 1. The number of fused-ring (bicyclic) bond motifs is 1. The van der Waals surface area contributed by atoms with Crippen molar-refractivity contribution in [2.75, 3.05) is 6.61 Å². The summed E-state index contributed by atoms with van der Waals surface area (Å²) >= 11 is 0. The van der Waals surface area contributed by atoms with Crippen molar-refractivity contribution in [3.8, 4) is 0 Å². The molecule has 61 heavy (non-hydrogen) atoms. The fourth-order valence-corrected chi connectivity index (χ4v) is 8.70. The number of carbonyl (C=O) groups excluding carboxylic acids is 2. The molecule has 1 aromatic heterocycles. The molecule has 6 atom stereocenters. The lowest BCUT2D eigenvalue weighted by Gasteiger charge is -2.37. The molecule has 4 heterocycles. The van der Waals surface area contributed by atoms with E-state index in [4.69, 9.17) is 33.4 Å². The summed E-state index contributed by atoms with van der Waals surface area (Å²) in [6.07, 6.45) is -1.58. The smallest absolute Gasteiger partial charge is 0.408 e. The Labute approximate surface area is 354 Å². The normalized spacial score (nSPS) is 24.4. The van der Waals surface area contributed by atoms with E-state index >= 15 is 0 Å². The molecule has 0 spiro atoms. The average Bonchev–Trinajstić information content (AvgIpc) is 4.01. The molecule has 3 fully saturated rings. The number of imidazole rings is 1. The number of benzene rings is 4. The highest BCUT2D eigenvalue weighted by molar-refractivity contribution is 5.87. The van der Waals surface area contributed by atoms with Crippen LogP contribution in [0.15, 0.2) is 134 Å². The van der Waals surface area contributed by atoms with Crippen LogP contribution in [-0.4, -0.2) is 87.0 Å². The SMILES string of the molecule is CC1(C)OC[C@@H]([C@@H]2O[C@@](CC(=O)O)(NC(=O)[C@@H](Cc3cn(C(c4ccccc4)(c4ccccc4)c4ccccc4)cn3)NC(=O)OCc3ccccc3)[C@@H]3OC(C)(C)O[C@H]23)O1. The molecule has 14 heteroatoms. The second kappa shape index (κ2) is 16.9. The zero-order valence-corrected chi connectivity index (χ0v) is 34.4. The summed E-state index contributed by atoms with van der Waals surface area (Å²) in [7, 11) is 0. The van der Waals surface area contributed by atoms with Gasteiger partial charge in [-0.3, -0.25) is 9.59 Å². The van der Waals surface area contributed by atoms with Gasteiger partial charge in [0.2, 0.25) is 5.91 Å². The van der Waals surface area contributed by atoms with Crippen LogP contribution in [-0.2, 0) is 56.6 Å². The molecule has 5 aromatic rings. The van der Waals surface area contributed by atoms with Gasteiger partial charge in [0, 0.05) is 12.6 Å². The first kappa shape index (κ1) is 41.8. The zero-order valence-electron chi connectivity index (χ0n) is 34.4. The van der Waals surface area contributed by atoms with Crippen molar-refractivity contribution < 1.29 is 47.9 Å². The van der Waals surface area contributed by atoms with Crippen LogP contribution in [0, 0.1) is 0 Å². The van der Waals surface area contributed by atoms with Gasteiger partial charge in [-0.05, 0) is 49.9 Å². The second-order valence-corrected chi connectivity index (χ2v) is 16.5. The van der Waals surface area contributed by atoms with Crippen molar-refractivity contribution in [2.45, 2.75) is 100 Å². The van der Waals surface area contributed by atoms with Gasteiger partial charge in [-0.15, -0.1) is 0 Å². The first-order chi connectivity index (χ1) is 29.3. The number of ether oxygens (including phenoxy) is 6. The van der Waals surface area contributed by atoms with E-state index in [0.717, 1.165) is 22.3 Å². The Morgan fingerprint density at radius 2 is 1.36 bits per heavy atom. The third-order valence-corrected chi connectivity index (χ3v) is 11.2. The molecule has 8 rings (SSSR count). The molecule has 3 aliphatic heterocycles. The lowest BCUT2D eigenvalue weighted by molar-refractivity contribution is -0.235. The van der Waals surface area contributed by atoms with Crippen molar-refractivity contribution in [2.24, 2.45) is 0 Å². The second-order valence-electron chi connectivity index (χ2n) is 16.5. The molecule has 0 aliphatic carbocycles. The predicted octanol–water partition coefficient (Wildman–Crippen LogP) is 5.92. The predicted molar refractivity (Wildman–Crippen MR) is 221 cm³/mol. The molecular weight excluding hydrogens is 781 g/mol. The quantitative estimate of drug-likeness (QED) is 0.114. The molecule has 4 aromatic carbocycles. The topological polar surface area (TPSA) is 169 Å². The number of amides is 2. The van der Waals surface area contributed by atoms with Gasteiger partial charge in [0.25, 0.3) is 0 Å². The number of nitrogens with one attached hydrogen (secondary N) is 2. The maximum atomic E-state index is 14.8. The van der Waals surface area contributed by atoms with Gasteiger partial charge in [-0.2, -0.15) is 0 Å². The van der Waals surface area contributed by atoms with E-state index in [-0.39, 0.29) is 19.6 Å². The van der Waals surface area contributed by atoms with Crippen molar-refractivity contribution >= 4 is 18.0 Å². The molecule has 3 aliphatic rings. The Morgan fingerprint density at radius 1 is 0.787 bits per heavy atom. The summed E-state index contributed by atoms with van der Waals surface area (Å²) < 4.78 is 38.7. The molecule has 0 radical (unpaired) electrons. The summed E-state index contributed by atoms with van der Waals surface area (Å²) in [6.45, 7) is 7.02. The zero-order chi connectivity index (χ0) is 42.8. The van der Waals surface area contributed by atoms with E-state index in [1.54, 1.807) is 34.0 Å². The minimum absolute atomic E-state index is 0.0546. The number of carboxylic acid groups (broad SMARTS) is 1. The van der Waals surface area contributed by atoms with Gasteiger partial charge in [-0.1, -0.05) is 121 Å². The minimum Gasteiger partial charge on any atom is -0.481 e. The molecule has 14 nitrogen and oxygen atoms in total. The van der Waals surface area contributed by atoms with Gasteiger partial charge >= 0.3 is 12.1 Å². The van der Waals surface area contributed by atoms with Crippen LogP contribution < -0.4 is 10.6 Å². The molecule has 0 saturated carbocycles. The summed E-state index contributed by atoms with van der Waals surface area (Å²) in [4.78, 5) is 45.8. The van der Waals surface area contributed by atoms with Crippen LogP contribution in [0.3, 0.4) is 0 Å². The van der Waals surface area contributed by atoms with Crippen molar-refractivity contribution in [1.82, 2.24) is 20.2 Å². The number of carbonyl (C=O) groups is 3. The lowest BCUT2D eigenvalue weighted by atomic mass is 9.77. The number of hydrogen-bond donors (Lipinski definition) is 3. The maximum Gasteiger partial charge on any atom is 0.408 e. The monoisotopic (exact) mass is 830 g/mol. The van der Waals surface area contributed by atoms with E-state index in [9.17, 15) is 19.5 Å². The highest BCUT2D eigenvalue weighted by Crippen LogP contribution is 2.47. The van der Waals surface area contributed by atoms with E-state index in [1.807, 2.05) is 95.7 Å². The Balaban J connectivity index is 1.15. The maximum absolute atomic E-state index is 14.8.